The van der Waals surface area contributed by atoms with E-state index in [2.05, 4.69) is 10.3 Å². The minimum absolute atomic E-state index is 0.00359. The van der Waals surface area contributed by atoms with Crippen LogP contribution >= 0.6 is 0 Å². The van der Waals surface area contributed by atoms with Crippen molar-refractivity contribution in [1.82, 2.24) is 5.32 Å². The highest BCUT2D eigenvalue weighted by atomic mass is 16.7. The van der Waals surface area contributed by atoms with Crippen LogP contribution in [0.1, 0.15) is 40.5 Å². The molecule has 3 N–H and O–H groups in total. The van der Waals surface area contributed by atoms with E-state index in [1.54, 1.807) is 6.21 Å². The summed E-state index contributed by atoms with van der Waals surface area (Å²) in [6, 6.07) is -0.00359. The van der Waals surface area contributed by atoms with Gasteiger partial charge in [0.2, 0.25) is 5.91 Å². The monoisotopic (exact) mass is 293 g/mol. The molecule has 116 valence electrons. The molecule has 2 rings (SSSR count). The third-order valence-corrected chi connectivity index (χ3v) is 4.37. The fourth-order valence-corrected chi connectivity index (χ4v) is 2.25. The Hall–Kier alpha value is -1.34. The molecule has 0 aromatic rings. The van der Waals surface area contributed by atoms with Crippen molar-refractivity contribution in [2.75, 3.05) is 6.54 Å². The highest BCUT2D eigenvalue weighted by Crippen LogP contribution is 2.38. The van der Waals surface area contributed by atoms with Crippen LogP contribution in [0.3, 0.4) is 0 Å². The van der Waals surface area contributed by atoms with Crippen LogP contribution in [0.4, 0.5) is 0 Å². The summed E-state index contributed by atoms with van der Waals surface area (Å²) >= 11 is 0. The SMILES string of the molecule is CC1(C)OB(/C(C=N[C@H]2CCNC(=O)C2)=C/N)OC1(C)C. The second-order valence-electron chi connectivity index (χ2n) is 6.53. The van der Waals surface area contributed by atoms with E-state index in [1.165, 1.54) is 6.20 Å². The Morgan fingerprint density at radius 1 is 1.38 bits per heavy atom. The van der Waals surface area contributed by atoms with Crippen LogP contribution in [0, 0.1) is 0 Å². The van der Waals surface area contributed by atoms with Crippen molar-refractivity contribution in [1.29, 1.82) is 0 Å². The molecule has 2 heterocycles. The predicted molar refractivity (Wildman–Crippen MR) is 82.9 cm³/mol. The first-order valence-electron chi connectivity index (χ1n) is 7.32. The zero-order valence-corrected chi connectivity index (χ0v) is 13.2. The van der Waals surface area contributed by atoms with E-state index in [9.17, 15) is 4.79 Å². The van der Waals surface area contributed by atoms with Gasteiger partial charge in [-0.25, -0.2) is 0 Å². The Morgan fingerprint density at radius 2 is 2.00 bits per heavy atom. The first-order valence-corrected chi connectivity index (χ1v) is 7.32. The molecule has 1 atom stereocenters. The number of amides is 1. The minimum atomic E-state index is -0.527. The molecule has 2 fully saturated rings. The predicted octanol–water partition coefficient (Wildman–Crippen LogP) is 0.810. The van der Waals surface area contributed by atoms with Gasteiger partial charge in [0.15, 0.2) is 0 Å². The Balaban J connectivity index is 2.03. The molecule has 0 saturated carbocycles. The van der Waals surface area contributed by atoms with Crippen molar-refractivity contribution in [2.45, 2.75) is 57.8 Å². The standard InChI is InChI=1S/C14H24BN3O3/c1-13(2)14(3,4)21-15(20-13)10(8-16)9-18-11-5-6-17-12(19)7-11/h8-9,11H,5-7,16H2,1-4H3,(H,17,19)/b10-8+,18-9?/t11-/m0/s1. The lowest BCUT2D eigenvalue weighted by atomic mass is 9.79. The molecule has 6 nitrogen and oxygen atoms in total. The van der Waals surface area contributed by atoms with Crippen LogP contribution in [0.25, 0.3) is 0 Å². The number of nitrogens with zero attached hydrogens (tertiary/aromatic N) is 1. The van der Waals surface area contributed by atoms with Gasteiger partial charge < -0.3 is 20.4 Å². The van der Waals surface area contributed by atoms with Crippen molar-refractivity contribution >= 4 is 19.2 Å². The summed E-state index contributed by atoms with van der Waals surface area (Å²) in [5.41, 5.74) is 5.54. The molecule has 0 aromatic carbocycles. The maximum Gasteiger partial charge on any atom is 0.497 e. The number of hydrogen-bond acceptors (Lipinski definition) is 5. The fourth-order valence-electron chi connectivity index (χ4n) is 2.25. The Labute approximate surface area is 126 Å². The Bertz CT molecular complexity index is 458. The van der Waals surface area contributed by atoms with Crippen LogP contribution in [0.2, 0.25) is 0 Å². The summed E-state index contributed by atoms with van der Waals surface area (Å²) in [4.78, 5) is 15.8. The molecule has 0 spiro atoms. The zero-order chi connectivity index (χ0) is 15.7. The molecule has 0 aliphatic carbocycles. The first kappa shape index (κ1) is 16.0. The lowest BCUT2D eigenvalue weighted by molar-refractivity contribution is -0.122. The van der Waals surface area contributed by atoms with E-state index in [4.69, 9.17) is 15.0 Å². The highest BCUT2D eigenvalue weighted by Gasteiger charge is 2.52. The van der Waals surface area contributed by atoms with Gasteiger partial charge in [-0.3, -0.25) is 9.79 Å². The third kappa shape index (κ3) is 3.47. The summed E-state index contributed by atoms with van der Waals surface area (Å²) in [5.74, 6) is 0.0392. The van der Waals surface area contributed by atoms with E-state index in [1.807, 2.05) is 27.7 Å². The summed E-state index contributed by atoms with van der Waals surface area (Å²) in [5, 5.41) is 2.79. The van der Waals surface area contributed by atoms with E-state index >= 15 is 0 Å². The number of carbonyl (C=O) groups excluding carboxylic acids is 1. The molecule has 2 aliphatic heterocycles. The van der Waals surface area contributed by atoms with Crippen LogP contribution < -0.4 is 11.1 Å². The van der Waals surface area contributed by atoms with Gasteiger partial charge in [0.25, 0.3) is 0 Å². The van der Waals surface area contributed by atoms with Crippen LogP contribution in [-0.4, -0.2) is 43.0 Å². The highest BCUT2D eigenvalue weighted by molar-refractivity contribution is 6.60. The van der Waals surface area contributed by atoms with Gasteiger partial charge in [-0.15, -0.1) is 0 Å². The number of nitrogens with two attached hydrogens (primary N) is 1. The molecule has 0 bridgehead atoms. The Morgan fingerprint density at radius 3 is 2.52 bits per heavy atom. The number of nitrogens with one attached hydrogen (secondary N) is 1. The third-order valence-electron chi connectivity index (χ3n) is 4.37. The summed E-state index contributed by atoms with van der Waals surface area (Å²) in [6.45, 7) is 8.63. The van der Waals surface area contributed by atoms with Crippen molar-refractivity contribution in [3.63, 3.8) is 0 Å². The molecule has 1 amide bonds. The molecule has 0 aromatic heterocycles. The number of carbonyl (C=O) groups is 1. The molecular formula is C14H24BN3O3. The van der Waals surface area contributed by atoms with Gasteiger partial charge in [-0.1, -0.05) is 0 Å². The lowest BCUT2D eigenvalue weighted by Gasteiger charge is -2.32. The molecule has 0 radical (unpaired) electrons. The van der Waals surface area contributed by atoms with Gasteiger partial charge in [0.1, 0.15) is 0 Å². The van der Waals surface area contributed by atoms with Crippen LogP contribution in [0.5, 0.6) is 0 Å². The normalized spacial score (nSPS) is 29.0. The quantitative estimate of drug-likeness (QED) is 0.595. The average molecular weight is 293 g/mol. The average Bonchev–Trinajstić information content (AvgIpc) is 2.59. The topological polar surface area (TPSA) is 85.9 Å². The van der Waals surface area contributed by atoms with Crippen LogP contribution in [-0.2, 0) is 14.1 Å². The van der Waals surface area contributed by atoms with Gasteiger partial charge >= 0.3 is 7.12 Å². The van der Waals surface area contributed by atoms with E-state index in [-0.39, 0.29) is 11.9 Å². The molecule has 0 unspecified atom stereocenters. The number of allylic oxidation sites excluding steroid dienone is 1. The Kier molecular flexibility index (Phi) is 4.44. The van der Waals surface area contributed by atoms with E-state index in [0.29, 0.717) is 18.4 Å². The maximum atomic E-state index is 11.3. The number of hydrogen-bond donors (Lipinski definition) is 2. The van der Waals surface area contributed by atoms with Gasteiger partial charge in [0.05, 0.1) is 17.2 Å². The molecular weight excluding hydrogens is 269 g/mol. The second-order valence-corrected chi connectivity index (χ2v) is 6.53. The largest absolute Gasteiger partial charge is 0.497 e. The van der Waals surface area contributed by atoms with Gasteiger partial charge in [-0.05, 0) is 40.3 Å². The van der Waals surface area contributed by atoms with Crippen LogP contribution in [0.15, 0.2) is 16.7 Å². The van der Waals surface area contributed by atoms with Crippen molar-refractivity contribution in [3.8, 4) is 0 Å². The van der Waals surface area contributed by atoms with E-state index in [0.717, 1.165) is 6.42 Å². The fraction of sp³-hybridized carbons (Fsp3) is 0.714. The molecule has 2 saturated heterocycles. The smallest absolute Gasteiger partial charge is 0.405 e. The van der Waals surface area contributed by atoms with Crippen molar-refractivity contribution in [2.24, 2.45) is 10.7 Å². The first-order chi connectivity index (χ1) is 9.75. The number of aliphatic imine (C=N–C) groups is 1. The van der Waals surface area contributed by atoms with Gasteiger partial charge in [0, 0.05) is 24.7 Å². The second kappa shape index (κ2) is 5.81. The number of piperidine rings is 1. The summed E-state index contributed by atoms with van der Waals surface area (Å²) in [6.07, 6.45) is 4.38. The molecule has 2 aliphatic rings. The molecule has 7 heteroatoms. The lowest BCUT2D eigenvalue weighted by Crippen LogP contribution is -2.41. The molecule has 21 heavy (non-hydrogen) atoms. The maximum absolute atomic E-state index is 11.3. The minimum Gasteiger partial charge on any atom is -0.405 e. The van der Waals surface area contributed by atoms with Crippen molar-refractivity contribution in [3.05, 3.63) is 11.7 Å². The van der Waals surface area contributed by atoms with Crippen molar-refractivity contribution < 1.29 is 14.1 Å². The van der Waals surface area contributed by atoms with Gasteiger partial charge in [-0.2, -0.15) is 0 Å². The summed E-state index contributed by atoms with van der Waals surface area (Å²) < 4.78 is 11.9. The van der Waals surface area contributed by atoms with E-state index < -0.39 is 18.3 Å². The number of rotatable bonds is 3. The summed E-state index contributed by atoms with van der Waals surface area (Å²) in [7, 11) is -0.527. The zero-order valence-electron chi connectivity index (χ0n) is 13.2.